The molecule has 3 rings (SSSR count). The van der Waals surface area contributed by atoms with E-state index in [0.717, 1.165) is 12.8 Å². The van der Waals surface area contributed by atoms with Crippen LogP contribution in [-0.2, 0) is 19.1 Å². The number of rotatable bonds is 7. The normalized spacial score (nSPS) is 21.3. The molecule has 7 nitrogen and oxygen atoms in total. The summed E-state index contributed by atoms with van der Waals surface area (Å²) >= 11 is 7.13. The summed E-state index contributed by atoms with van der Waals surface area (Å²) in [4.78, 5) is 40.4. The third kappa shape index (κ3) is 5.24. The topological polar surface area (TPSA) is 76.2 Å². The van der Waals surface area contributed by atoms with Gasteiger partial charge in [0.1, 0.15) is 11.8 Å². The molecule has 2 amide bonds. The van der Waals surface area contributed by atoms with Crippen LogP contribution in [0.5, 0.6) is 5.06 Å². The Hall–Kier alpha value is -1.64. The number of carbonyl (C=O) groups is 3. The van der Waals surface area contributed by atoms with Crippen molar-refractivity contribution >= 4 is 40.5 Å². The number of ketones is 1. The van der Waals surface area contributed by atoms with Crippen molar-refractivity contribution in [3.05, 3.63) is 16.5 Å². The first-order valence-corrected chi connectivity index (χ1v) is 10.6. The number of carbonyl (C=O) groups excluding carboxylic acids is 3. The molecule has 0 radical (unpaired) electrons. The molecule has 9 heteroatoms. The lowest BCUT2D eigenvalue weighted by Gasteiger charge is -2.41. The van der Waals surface area contributed by atoms with E-state index in [1.165, 1.54) is 18.4 Å². The second-order valence-corrected chi connectivity index (χ2v) is 8.85. The number of thiophene rings is 1. The molecule has 0 spiro atoms. The molecule has 2 aliphatic rings. The van der Waals surface area contributed by atoms with Crippen molar-refractivity contribution in [1.82, 2.24) is 9.80 Å². The molecule has 2 fully saturated rings. The average Bonchev–Trinajstić information content (AvgIpc) is 3.10. The number of ether oxygens (including phenoxy) is 2. The van der Waals surface area contributed by atoms with Crippen LogP contribution in [0.2, 0.25) is 4.34 Å². The van der Waals surface area contributed by atoms with Crippen LogP contribution in [-0.4, -0.2) is 73.4 Å². The molecule has 1 aliphatic heterocycles. The Morgan fingerprint density at radius 3 is 2.64 bits per heavy atom. The predicted octanol–water partition coefficient (Wildman–Crippen LogP) is 2.23. The molecule has 1 saturated heterocycles. The van der Waals surface area contributed by atoms with Gasteiger partial charge in [0.2, 0.25) is 5.91 Å². The minimum atomic E-state index is -0.646. The number of halogens is 1. The first-order chi connectivity index (χ1) is 13.5. The van der Waals surface area contributed by atoms with E-state index in [1.54, 1.807) is 17.0 Å². The van der Waals surface area contributed by atoms with E-state index in [1.807, 2.05) is 4.90 Å². The SMILES string of the molecule is COCC1C(=O)N(CC2CCC(=O)CC2)CCN1C(=O)COc1ccc(Cl)s1. The summed E-state index contributed by atoms with van der Waals surface area (Å²) in [6, 6.07) is 2.78. The minimum absolute atomic E-state index is 0.0995. The van der Waals surface area contributed by atoms with Crippen LogP contribution in [0.25, 0.3) is 0 Å². The largest absolute Gasteiger partial charge is 0.474 e. The summed E-state index contributed by atoms with van der Waals surface area (Å²) in [5, 5.41) is 0.568. The first-order valence-electron chi connectivity index (χ1n) is 9.45. The van der Waals surface area contributed by atoms with E-state index in [0.29, 0.717) is 53.6 Å². The van der Waals surface area contributed by atoms with Crippen LogP contribution in [0.4, 0.5) is 0 Å². The van der Waals surface area contributed by atoms with Gasteiger partial charge >= 0.3 is 0 Å². The fourth-order valence-corrected chi connectivity index (χ4v) is 4.60. The van der Waals surface area contributed by atoms with Gasteiger partial charge in [-0.25, -0.2) is 0 Å². The quantitative estimate of drug-likeness (QED) is 0.665. The summed E-state index contributed by atoms with van der Waals surface area (Å²) in [5.74, 6) is 0.307. The highest BCUT2D eigenvalue weighted by Crippen LogP contribution is 2.28. The van der Waals surface area contributed by atoms with Gasteiger partial charge < -0.3 is 19.3 Å². The molecule has 0 N–H and O–H groups in total. The number of piperazine rings is 1. The van der Waals surface area contributed by atoms with Gasteiger partial charge in [0.15, 0.2) is 11.7 Å². The number of Topliss-reactive ketones (excluding diaryl/α,β-unsaturated/α-hetero) is 1. The number of hydrogen-bond donors (Lipinski definition) is 0. The van der Waals surface area contributed by atoms with Crippen molar-refractivity contribution in [1.29, 1.82) is 0 Å². The van der Waals surface area contributed by atoms with Gasteiger partial charge in [0.25, 0.3) is 5.91 Å². The molecule has 28 heavy (non-hydrogen) atoms. The van der Waals surface area contributed by atoms with Crippen molar-refractivity contribution in [2.75, 3.05) is 40.0 Å². The fraction of sp³-hybridized carbons (Fsp3) is 0.632. The Morgan fingerprint density at radius 1 is 1.25 bits per heavy atom. The Kier molecular flexibility index (Phi) is 7.31. The molecule has 1 atom stereocenters. The van der Waals surface area contributed by atoms with Crippen LogP contribution in [0.15, 0.2) is 12.1 Å². The van der Waals surface area contributed by atoms with Gasteiger partial charge in [-0.1, -0.05) is 22.9 Å². The summed E-state index contributed by atoms with van der Waals surface area (Å²) < 4.78 is 11.3. The first kappa shape index (κ1) is 21.1. The number of hydrogen-bond acceptors (Lipinski definition) is 6. The Balaban J connectivity index is 1.58. The molecule has 1 saturated carbocycles. The fourth-order valence-electron chi connectivity index (χ4n) is 3.72. The minimum Gasteiger partial charge on any atom is -0.474 e. The number of nitrogens with zero attached hydrogens (tertiary/aromatic N) is 2. The monoisotopic (exact) mass is 428 g/mol. The molecule has 1 aromatic heterocycles. The molecule has 1 aliphatic carbocycles. The molecular weight excluding hydrogens is 404 g/mol. The third-order valence-electron chi connectivity index (χ3n) is 5.26. The standard InChI is InChI=1S/C19H25ClN2O5S/c1-26-11-15-19(25)21(10-13-2-4-14(23)5-3-13)8-9-22(15)17(24)12-27-18-7-6-16(20)28-18/h6-7,13,15H,2-5,8-12H2,1H3. The van der Waals surface area contributed by atoms with Gasteiger partial charge in [0.05, 0.1) is 10.9 Å². The lowest BCUT2D eigenvalue weighted by molar-refractivity contribution is -0.155. The maximum Gasteiger partial charge on any atom is 0.261 e. The summed E-state index contributed by atoms with van der Waals surface area (Å²) in [7, 11) is 1.52. The predicted molar refractivity (Wildman–Crippen MR) is 106 cm³/mol. The lowest BCUT2D eigenvalue weighted by atomic mass is 9.88. The highest BCUT2D eigenvalue weighted by atomic mass is 35.5. The Bertz CT molecular complexity index is 715. The van der Waals surface area contributed by atoms with Crippen molar-refractivity contribution in [3.63, 3.8) is 0 Å². The van der Waals surface area contributed by atoms with Gasteiger partial charge in [-0.2, -0.15) is 0 Å². The van der Waals surface area contributed by atoms with E-state index in [2.05, 4.69) is 0 Å². The van der Waals surface area contributed by atoms with Crippen LogP contribution in [0, 0.1) is 5.92 Å². The molecular formula is C19H25ClN2O5S. The summed E-state index contributed by atoms with van der Waals surface area (Å²) in [6.45, 7) is 1.57. The highest BCUT2D eigenvalue weighted by Gasteiger charge is 2.38. The smallest absolute Gasteiger partial charge is 0.261 e. The third-order valence-corrected chi connectivity index (χ3v) is 6.40. The molecule has 1 aromatic rings. The molecule has 154 valence electrons. The van der Waals surface area contributed by atoms with Crippen molar-refractivity contribution in [3.8, 4) is 5.06 Å². The second-order valence-electron chi connectivity index (χ2n) is 7.17. The van der Waals surface area contributed by atoms with Crippen LogP contribution in [0.1, 0.15) is 25.7 Å². The summed E-state index contributed by atoms with van der Waals surface area (Å²) in [5.41, 5.74) is 0. The van der Waals surface area contributed by atoms with Crippen LogP contribution in [0.3, 0.4) is 0 Å². The maximum atomic E-state index is 13.0. The van der Waals surface area contributed by atoms with Crippen LogP contribution >= 0.6 is 22.9 Å². The van der Waals surface area contributed by atoms with E-state index in [-0.39, 0.29) is 25.0 Å². The maximum absolute atomic E-state index is 13.0. The van der Waals surface area contributed by atoms with Gasteiger partial charge in [0, 0.05) is 39.6 Å². The van der Waals surface area contributed by atoms with Gasteiger partial charge in [-0.3, -0.25) is 14.4 Å². The van der Waals surface area contributed by atoms with Gasteiger partial charge in [-0.15, -0.1) is 0 Å². The van der Waals surface area contributed by atoms with Gasteiger partial charge in [-0.05, 0) is 30.9 Å². The highest BCUT2D eigenvalue weighted by molar-refractivity contribution is 7.17. The number of methoxy groups -OCH3 is 1. The molecule has 2 heterocycles. The lowest BCUT2D eigenvalue weighted by Crippen LogP contribution is -2.61. The number of amides is 2. The van der Waals surface area contributed by atoms with E-state index in [4.69, 9.17) is 21.1 Å². The average molecular weight is 429 g/mol. The Labute approximate surface area is 173 Å². The second kappa shape index (κ2) is 9.71. The zero-order valence-corrected chi connectivity index (χ0v) is 17.5. The zero-order chi connectivity index (χ0) is 20.1. The zero-order valence-electron chi connectivity index (χ0n) is 15.9. The van der Waals surface area contributed by atoms with Crippen molar-refractivity contribution < 1.29 is 23.9 Å². The van der Waals surface area contributed by atoms with Crippen molar-refractivity contribution in [2.24, 2.45) is 5.92 Å². The molecule has 0 aromatic carbocycles. The molecule has 0 bridgehead atoms. The Morgan fingerprint density at radius 2 is 2.00 bits per heavy atom. The van der Waals surface area contributed by atoms with E-state index in [9.17, 15) is 14.4 Å². The van der Waals surface area contributed by atoms with E-state index >= 15 is 0 Å². The summed E-state index contributed by atoms with van der Waals surface area (Å²) in [6.07, 6.45) is 2.86. The van der Waals surface area contributed by atoms with Crippen LogP contribution < -0.4 is 4.74 Å². The van der Waals surface area contributed by atoms with E-state index < -0.39 is 6.04 Å². The van der Waals surface area contributed by atoms with Crippen molar-refractivity contribution in [2.45, 2.75) is 31.7 Å². The molecule has 1 unspecified atom stereocenters.